The third kappa shape index (κ3) is 6.66. The molecule has 1 fully saturated rings. The second-order valence-corrected chi connectivity index (χ2v) is 13.8. The molecule has 4 atom stereocenters. The molecule has 0 bridgehead atoms. The monoisotopic (exact) mass is 679 g/mol. The summed E-state index contributed by atoms with van der Waals surface area (Å²) in [7, 11) is 0. The zero-order valence-corrected chi connectivity index (χ0v) is 27.2. The molecule has 2 aliphatic rings. The number of hydrogen-bond acceptors (Lipinski definition) is 11. The largest absolute Gasteiger partial charge is 0.392 e. The quantitative estimate of drug-likeness (QED) is 0.0992. The van der Waals surface area contributed by atoms with Gasteiger partial charge >= 0.3 is 11.9 Å². The number of rotatable bonds is 9. The van der Waals surface area contributed by atoms with Gasteiger partial charge in [0.1, 0.15) is 5.01 Å². The zero-order chi connectivity index (χ0) is 33.2. The van der Waals surface area contributed by atoms with Crippen LogP contribution in [-0.2, 0) is 20.8 Å². The van der Waals surface area contributed by atoms with Gasteiger partial charge in [-0.3, -0.25) is 4.79 Å². The van der Waals surface area contributed by atoms with E-state index in [-0.39, 0.29) is 35.3 Å². The van der Waals surface area contributed by atoms with Crippen molar-refractivity contribution < 1.29 is 33.7 Å². The van der Waals surface area contributed by atoms with Gasteiger partial charge in [-0.05, 0) is 53.9 Å². The summed E-state index contributed by atoms with van der Waals surface area (Å²) in [6.45, 7) is 1.86. The number of esters is 2. The number of nitrogens with one attached hydrogen (secondary N) is 1. The highest BCUT2D eigenvalue weighted by Crippen LogP contribution is 2.48. The number of aliphatic hydroxyl groups excluding tert-OH is 1. The number of carbonyl (C=O) groups excluding carboxylic acids is 3. The minimum absolute atomic E-state index is 0.0593. The predicted octanol–water partition coefficient (Wildman–Crippen LogP) is 6.63. The first-order valence-corrected chi connectivity index (χ1v) is 17.0. The fourth-order valence-electron chi connectivity index (χ4n) is 5.83. The molecule has 5 aromatic rings. The van der Waals surface area contributed by atoms with Crippen LogP contribution in [0.15, 0.2) is 101 Å². The number of ether oxygens (including phenoxy) is 3. The standard InChI is InChI=1S/C36H29N3O7S2/c1-20-38-39-36(48-20)47-19-29-30(22-6-3-2-4-7-22)31(23-12-10-21(18-40)11-13-23)45-35(44-29)25-8-5-9-26(16-25)37-32(41)24-14-15-27-28(17-24)34(43)46-33(27)42/h2-17,29-31,35,40H,18-19H2,1H3,(H,37,41)/t29-,30-,31+,35?/m1/s1. The van der Waals surface area contributed by atoms with Gasteiger partial charge in [0.05, 0.1) is 29.9 Å². The molecule has 7 rings (SSSR count). The Bertz CT molecular complexity index is 1980. The van der Waals surface area contributed by atoms with Gasteiger partial charge in [0.2, 0.25) is 0 Å². The van der Waals surface area contributed by atoms with Crippen molar-refractivity contribution in [3.63, 3.8) is 0 Å². The van der Waals surface area contributed by atoms with Gasteiger partial charge in [0, 0.05) is 28.5 Å². The summed E-state index contributed by atoms with van der Waals surface area (Å²) in [6, 6.07) is 29.3. The molecule has 242 valence electrons. The molecule has 10 nitrogen and oxygen atoms in total. The zero-order valence-electron chi connectivity index (χ0n) is 25.6. The van der Waals surface area contributed by atoms with Crippen molar-refractivity contribution in [2.24, 2.45) is 0 Å². The number of amides is 1. The molecule has 48 heavy (non-hydrogen) atoms. The molecule has 1 saturated heterocycles. The Labute approximate surface area is 284 Å². The van der Waals surface area contributed by atoms with Gasteiger partial charge in [-0.2, -0.15) is 0 Å². The lowest BCUT2D eigenvalue weighted by Crippen LogP contribution is -2.38. The summed E-state index contributed by atoms with van der Waals surface area (Å²) < 4.78 is 19.0. The average molecular weight is 680 g/mol. The second-order valence-electron chi connectivity index (χ2n) is 11.3. The Hall–Kier alpha value is -4.72. The van der Waals surface area contributed by atoms with E-state index in [2.05, 4.69) is 32.4 Å². The van der Waals surface area contributed by atoms with Crippen LogP contribution < -0.4 is 5.32 Å². The van der Waals surface area contributed by atoms with E-state index in [0.717, 1.165) is 26.0 Å². The van der Waals surface area contributed by atoms with Gasteiger partial charge in [-0.15, -0.1) is 10.2 Å². The number of hydrogen-bond donors (Lipinski definition) is 2. The lowest BCUT2D eigenvalue weighted by atomic mass is 9.84. The van der Waals surface area contributed by atoms with Crippen LogP contribution in [0.2, 0.25) is 0 Å². The van der Waals surface area contributed by atoms with Crippen LogP contribution in [0.3, 0.4) is 0 Å². The number of cyclic esters (lactones) is 2. The Morgan fingerprint density at radius 2 is 1.62 bits per heavy atom. The van der Waals surface area contributed by atoms with E-state index in [0.29, 0.717) is 17.0 Å². The third-order valence-corrected chi connectivity index (χ3v) is 10.2. The minimum Gasteiger partial charge on any atom is -0.392 e. The van der Waals surface area contributed by atoms with Crippen LogP contribution >= 0.6 is 23.1 Å². The van der Waals surface area contributed by atoms with Gasteiger partial charge in [-0.1, -0.05) is 89.8 Å². The maximum absolute atomic E-state index is 13.2. The van der Waals surface area contributed by atoms with Crippen LogP contribution in [0.5, 0.6) is 0 Å². The minimum atomic E-state index is -0.785. The third-order valence-electron chi connectivity index (χ3n) is 8.17. The molecule has 2 N–H and O–H groups in total. The molecule has 3 heterocycles. The van der Waals surface area contributed by atoms with E-state index in [1.807, 2.05) is 55.5 Å². The van der Waals surface area contributed by atoms with Crippen LogP contribution in [0.1, 0.15) is 76.6 Å². The van der Waals surface area contributed by atoms with Crippen molar-refractivity contribution in [3.8, 4) is 0 Å². The lowest BCUT2D eigenvalue weighted by molar-refractivity contribution is -0.255. The second kappa shape index (κ2) is 13.8. The van der Waals surface area contributed by atoms with Crippen molar-refractivity contribution in [3.05, 3.63) is 141 Å². The Morgan fingerprint density at radius 1 is 0.854 bits per heavy atom. The summed E-state index contributed by atoms with van der Waals surface area (Å²) in [5.41, 5.74) is 4.39. The number of fused-ring (bicyclic) bond motifs is 1. The first-order valence-electron chi connectivity index (χ1n) is 15.2. The predicted molar refractivity (Wildman–Crippen MR) is 179 cm³/mol. The van der Waals surface area contributed by atoms with Crippen molar-refractivity contribution >= 4 is 46.6 Å². The summed E-state index contributed by atoms with van der Waals surface area (Å²) >= 11 is 3.12. The molecule has 0 aliphatic carbocycles. The average Bonchev–Trinajstić information content (AvgIpc) is 3.67. The molecular formula is C36H29N3O7S2. The number of aromatic nitrogens is 2. The maximum atomic E-state index is 13.2. The number of nitrogens with zero attached hydrogens (tertiary/aromatic N) is 2. The van der Waals surface area contributed by atoms with E-state index in [1.165, 1.54) is 29.5 Å². The van der Waals surface area contributed by atoms with Crippen LogP contribution in [0.25, 0.3) is 0 Å². The molecule has 12 heteroatoms. The highest BCUT2D eigenvalue weighted by atomic mass is 32.2. The first kappa shape index (κ1) is 31.9. The van der Waals surface area contributed by atoms with Crippen molar-refractivity contribution in [1.82, 2.24) is 10.2 Å². The number of aliphatic hydroxyl groups is 1. The molecule has 4 aromatic carbocycles. The summed E-state index contributed by atoms with van der Waals surface area (Å²) in [4.78, 5) is 37.1. The van der Waals surface area contributed by atoms with Gasteiger partial charge in [-0.25, -0.2) is 9.59 Å². The summed E-state index contributed by atoms with van der Waals surface area (Å²) in [5.74, 6) is -1.56. The van der Waals surface area contributed by atoms with Crippen molar-refractivity contribution in [2.45, 2.75) is 42.3 Å². The maximum Gasteiger partial charge on any atom is 0.346 e. The van der Waals surface area contributed by atoms with Crippen molar-refractivity contribution in [1.29, 1.82) is 0 Å². The SMILES string of the molecule is Cc1nnc(SC[C@H]2OC(c3cccc(NC(=O)c4ccc5c(c4)C(=O)OC5=O)c3)O[C@@H](c3ccc(CO)cc3)[C@@H]2c2ccccc2)s1. The molecule has 1 unspecified atom stereocenters. The number of carbonyl (C=O) groups is 3. The Balaban J connectivity index is 1.19. The highest BCUT2D eigenvalue weighted by molar-refractivity contribution is 8.01. The lowest BCUT2D eigenvalue weighted by Gasteiger charge is -2.43. The van der Waals surface area contributed by atoms with Crippen LogP contribution in [0.4, 0.5) is 5.69 Å². The summed E-state index contributed by atoms with van der Waals surface area (Å²) in [5, 5.41) is 21.9. The molecule has 2 aliphatic heterocycles. The van der Waals surface area contributed by atoms with Gasteiger partial charge in [0.15, 0.2) is 10.6 Å². The molecule has 0 saturated carbocycles. The van der Waals surface area contributed by atoms with E-state index >= 15 is 0 Å². The Kier molecular flexibility index (Phi) is 9.15. The van der Waals surface area contributed by atoms with E-state index in [4.69, 9.17) is 9.47 Å². The van der Waals surface area contributed by atoms with E-state index < -0.39 is 30.2 Å². The van der Waals surface area contributed by atoms with Gasteiger partial charge in [0.25, 0.3) is 5.91 Å². The number of aryl methyl sites for hydroxylation is 1. The van der Waals surface area contributed by atoms with Crippen LogP contribution in [0, 0.1) is 6.92 Å². The Morgan fingerprint density at radius 3 is 2.38 bits per heavy atom. The van der Waals surface area contributed by atoms with Crippen LogP contribution in [-0.4, -0.2) is 45.0 Å². The number of benzene rings is 4. The van der Waals surface area contributed by atoms with E-state index in [1.54, 1.807) is 30.0 Å². The summed E-state index contributed by atoms with van der Waals surface area (Å²) in [6.07, 6.45) is -1.50. The topological polar surface area (TPSA) is 137 Å². The number of thioether (sulfide) groups is 1. The first-order chi connectivity index (χ1) is 23.4. The highest BCUT2D eigenvalue weighted by Gasteiger charge is 2.42. The molecule has 1 amide bonds. The molecule has 1 aromatic heterocycles. The molecular weight excluding hydrogens is 651 g/mol. The smallest absolute Gasteiger partial charge is 0.346 e. The van der Waals surface area contributed by atoms with Crippen molar-refractivity contribution in [2.75, 3.05) is 11.1 Å². The number of anilines is 1. The fourth-order valence-corrected chi connectivity index (χ4v) is 7.74. The fraction of sp³-hybridized carbons (Fsp3) is 0.194. The van der Waals surface area contributed by atoms with Gasteiger partial charge < -0.3 is 24.6 Å². The molecule has 0 spiro atoms. The van der Waals surface area contributed by atoms with E-state index in [9.17, 15) is 19.5 Å². The molecule has 0 radical (unpaired) electrons. The normalized spacial score (nSPS) is 20.3.